The van der Waals surface area contributed by atoms with Crippen LogP contribution in [0.25, 0.3) is 0 Å². The fraction of sp³-hybridized carbons (Fsp3) is 0.625. The van der Waals surface area contributed by atoms with E-state index in [1.807, 2.05) is 0 Å². The Morgan fingerprint density at radius 3 is 2.50 bits per heavy atom. The van der Waals surface area contributed by atoms with E-state index in [0.717, 1.165) is 6.42 Å². The van der Waals surface area contributed by atoms with Crippen molar-refractivity contribution in [3.8, 4) is 0 Å². The summed E-state index contributed by atoms with van der Waals surface area (Å²) in [5, 5.41) is 3.81. The SMILES string of the molecule is CC(C)CC(NC1CCC(N)C1)c1ccccc1. The number of nitrogens with two attached hydrogens (primary N) is 1. The highest BCUT2D eigenvalue weighted by Gasteiger charge is 2.24. The molecule has 18 heavy (non-hydrogen) atoms. The minimum absolute atomic E-state index is 0.401. The van der Waals surface area contributed by atoms with Gasteiger partial charge in [-0.2, -0.15) is 0 Å². The molecule has 2 nitrogen and oxygen atoms in total. The Kier molecular flexibility index (Phi) is 4.79. The van der Waals surface area contributed by atoms with Gasteiger partial charge < -0.3 is 11.1 Å². The van der Waals surface area contributed by atoms with E-state index in [1.165, 1.54) is 24.8 Å². The molecule has 3 N–H and O–H groups in total. The predicted molar refractivity (Wildman–Crippen MR) is 77.4 cm³/mol. The second-order valence-corrected chi connectivity index (χ2v) is 6.03. The van der Waals surface area contributed by atoms with E-state index in [0.29, 0.717) is 24.0 Å². The molecule has 3 unspecified atom stereocenters. The Morgan fingerprint density at radius 1 is 1.22 bits per heavy atom. The normalized spacial score (nSPS) is 25.6. The second-order valence-electron chi connectivity index (χ2n) is 6.03. The van der Waals surface area contributed by atoms with Crippen LogP contribution >= 0.6 is 0 Å². The molecule has 2 heteroatoms. The lowest BCUT2D eigenvalue weighted by atomic mass is 9.96. The Labute approximate surface area is 111 Å². The van der Waals surface area contributed by atoms with Gasteiger partial charge in [0.15, 0.2) is 0 Å². The van der Waals surface area contributed by atoms with Gasteiger partial charge in [-0.1, -0.05) is 44.2 Å². The minimum Gasteiger partial charge on any atom is -0.328 e. The van der Waals surface area contributed by atoms with Crippen molar-refractivity contribution < 1.29 is 0 Å². The topological polar surface area (TPSA) is 38.0 Å². The Balaban J connectivity index is 2.01. The molecule has 1 aliphatic carbocycles. The van der Waals surface area contributed by atoms with Gasteiger partial charge >= 0.3 is 0 Å². The first-order chi connectivity index (χ1) is 8.65. The molecule has 0 bridgehead atoms. The van der Waals surface area contributed by atoms with E-state index < -0.39 is 0 Å². The molecule has 0 amide bonds. The maximum absolute atomic E-state index is 6.00. The number of nitrogens with one attached hydrogen (secondary N) is 1. The smallest absolute Gasteiger partial charge is 0.0325 e. The van der Waals surface area contributed by atoms with E-state index in [4.69, 9.17) is 5.73 Å². The molecule has 1 aromatic carbocycles. The van der Waals surface area contributed by atoms with E-state index >= 15 is 0 Å². The molecular formula is C16H26N2. The Hall–Kier alpha value is -0.860. The molecule has 1 aliphatic rings. The van der Waals surface area contributed by atoms with Gasteiger partial charge in [-0.05, 0) is 37.2 Å². The van der Waals surface area contributed by atoms with Crippen LogP contribution in [-0.2, 0) is 0 Å². The van der Waals surface area contributed by atoms with Gasteiger partial charge in [-0.15, -0.1) is 0 Å². The Morgan fingerprint density at radius 2 is 1.94 bits per heavy atom. The monoisotopic (exact) mass is 246 g/mol. The number of rotatable bonds is 5. The summed E-state index contributed by atoms with van der Waals surface area (Å²) in [6, 6.07) is 12.3. The largest absolute Gasteiger partial charge is 0.328 e. The molecule has 0 heterocycles. The average molecular weight is 246 g/mol. The summed E-state index contributed by atoms with van der Waals surface area (Å²) in [4.78, 5) is 0. The van der Waals surface area contributed by atoms with Crippen molar-refractivity contribution in [1.29, 1.82) is 0 Å². The lowest BCUT2D eigenvalue weighted by Crippen LogP contribution is -2.33. The van der Waals surface area contributed by atoms with Crippen LogP contribution < -0.4 is 11.1 Å². The van der Waals surface area contributed by atoms with Crippen LogP contribution in [0.1, 0.15) is 51.1 Å². The summed E-state index contributed by atoms with van der Waals surface area (Å²) >= 11 is 0. The molecule has 3 atom stereocenters. The van der Waals surface area contributed by atoms with E-state index in [9.17, 15) is 0 Å². The second kappa shape index (κ2) is 6.35. The molecule has 0 saturated heterocycles. The highest BCUT2D eigenvalue weighted by Crippen LogP contribution is 2.25. The minimum atomic E-state index is 0.401. The quantitative estimate of drug-likeness (QED) is 0.837. The van der Waals surface area contributed by atoms with Gasteiger partial charge in [0.05, 0.1) is 0 Å². The standard InChI is InChI=1S/C16H26N2/c1-12(2)10-16(13-6-4-3-5-7-13)18-15-9-8-14(17)11-15/h3-7,12,14-16,18H,8-11,17H2,1-2H3. The first kappa shape index (κ1) is 13.6. The van der Waals surface area contributed by atoms with Crippen molar-refractivity contribution in [2.45, 2.75) is 57.7 Å². The van der Waals surface area contributed by atoms with Crippen LogP contribution in [0.3, 0.4) is 0 Å². The number of benzene rings is 1. The van der Waals surface area contributed by atoms with Crippen molar-refractivity contribution in [3.63, 3.8) is 0 Å². The van der Waals surface area contributed by atoms with E-state index in [1.54, 1.807) is 0 Å². The van der Waals surface area contributed by atoms with Crippen molar-refractivity contribution in [3.05, 3.63) is 35.9 Å². The zero-order chi connectivity index (χ0) is 13.0. The van der Waals surface area contributed by atoms with Gasteiger partial charge in [0, 0.05) is 18.1 Å². The van der Waals surface area contributed by atoms with Crippen LogP contribution in [0.5, 0.6) is 0 Å². The molecule has 0 aromatic heterocycles. The fourth-order valence-corrected chi connectivity index (χ4v) is 2.91. The van der Waals surface area contributed by atoms with Gasteiger partial charge in [-0.3, -0.25) is 0 Å². The summed E-state index contributed by atoms with van der Waals surface area (Å²) < 4.78 is 0. The molecular weight excluding hydrogens is 220 g/mol. The third-order valence-corrected chi connectivity index (χ3v) is 3.82. The van der Waals surface area contributed by atoms with Crippen LogP contribution in [0.4, 0.5) is 0 Å². The highest BCUT2D eigenvalue weighted by molar-refractivity contribution is 5.19. The zero-order valence-corrected chi connectivity index (χ0v) is 11.6. The van der Waals surface area contributed by atoms with E-state index in [2.05, 4.69) is 49.5 Å². The lowest BCUT2D eigenvalue weighted by molar-refractivity contribution is 0.378. The fourth-order valence-electron chi connectivity index (χ4n) is 2.91. The summed E-state index contributed by atoms with van der Waals surface area (Å²) in [5.41, 5.74) is 7.41. The molecule has 2 rings (SSSR count). The maximum Gasteiger partial charge on any atom is 0.0325 e. The molecule has 1 fully saturated rings. The summed E-state index contributed by atoms with van der Waals surface area (Å²) in [6.45, 7) is 4.58. The van der Waals surface area contributed by atoms with Gasteiger partial charge in [-0.25, -0.2) is 0 Å². The predicted octanol–water partition coefficient (Wildman–Crippen LogP) is 3.24. The van der Waals surface area contributed by atoms with Crippen LogP contribution in [0.15, 0.2) is 30.3 Å². The Bertz CT molecular complexity index is 347. The zero-order valence-electron chi connectivity index (χ0n) is 11.6. The first-order valence-electron chi connectivity index (χ1n) is 7.21. The molecule has 1 saturated carbocycles. The third-order valence-electron chi connectivity index (χ3n) is 3.82. The number of hydrogen-bond acceptors (Lipinski definition) is 2. The average Bonchev–Trinajstić information content (AvgIpc) is 2.75. The van der Waals surface area contributed by atoms with Crippen LogP contribution in [0, 0.1) is 5.92 Å². The van der Waals surface area contributed by atoms with Gasteiger partial charge in [0.2, 0.25) is 0 Å². The van der Waals surface area contributed by atoms with Crippen LogP contribution in [-0.4, -0.2) is 12.1 Å². The van der Waals surface area contributed by atoms with E-state index in [-0.39, 0.29) is 0 Å². The molecule has 100 valence electrons. The van der Waals surface area contributed by atoms with Gasteiger partial charge in [0.1, 0.15) is 0 Å². The lowest BCUT2D eigenvalue weighted by Gasteiger charge is -2.25. The molecule has 1 aromatic rings. The summed E-state index contributed by atoms with van der Waals surface area (Å²) in [5.74, 6) is 0.706. The highest BCUT2D eigenvalue weighted by atomic mass is 15.0. The first-order valence-corrected chi connectivity index (χ1v) is 7.21. The third kappa shape index (κ3) is 3.82. The summed E-state index contributed by atoms with van der Waals surface area (Å²) in [6.07, 6.45) is 4.71. The van der Waals surface area contributed by atoms with Crippen molar-refractivity contribution in [1.82, 2.24) is 5.32 Å². The molecule has 0 radical (unpaired) electrons. The van der Waals surface area contributed by atoms with Gasteiger partial charge in [0.25, 0.3) is 0 Å². The number of hydrogen-bond donors (Lipinski definition) is 2. The maximum atomic E-state index is 6.00. The summed E-state index contributed by atoms with van der Waals surface area (Å²) in [7, 11) is 0. The van der Waals surface area contributed by atoms with Crippen molar-refractivity contribution in [2.75, 3.05) is 0 Å². The van der Waals surface area contributed by atoms with Crippen LogP contribution in [0.2, 0.25) is 0 Å². The van der Waals surface area contributed by atoms with Crippen molar-refractivity contribution >= 4 is 0 Å². The van der Waals surface area contributed by atoms with Crippen molar-refractivity contribution in [2.24, 2.45) is 11.7 Å². The molecule has 0 aliphatic heterocycles. The molecule has 0 spiro atoms.